The van der Waals surface area contributed by atoms with E-state index >= 15 is 0 Å². The Bertz CT molecular complexity index is 722. The molecule has 0 unspecified atom stereocenters. The Labute approximate surface area is 165 Å². The number of ether oxygens (including phenoxy) is 1. The van der Waals surface area contributed by atoms with Crippen molar-refractivity contribution in [3.05, 3.63) is 65.2 Å². The van der Waals surface area contributed by atoms with E-state index < -0.39 is 0 Å². The Morgan fingerprint density at radius 3 is 2.42 bits per heavy atom. The molecule has 6 heteroatoms. The maximum atomic E-state index is 6.22. The molecule has 0 aliphatic carbocycles. The third kappa shape index (κ3) is 4.95. The van der Waals surface area contributed by atoms with Gasteiger partial charge < -0.3 is 20.3 Å². The molecule has 1 aliphatic rings. The highest BCUT2D eigenvalue weighted by molar-refractivity contribution is 7.80. The molecule has 0 spiro atoms. The van der Waals surface area contributed by atoms with E-state index in [0.717, 1.165) is 32.0 Å². The van der Waals surface area contributed by atoms with Crippen LogP contribution in [0.25, 0.3) is 0 Å². The predicted octanol–water partition coefficient (Wildman–Crippen LogP) is 2.67. The highest BCUT2D eigenvalue weighted by Crippen LogP contribution is 2.20. The van der Waals surface area contributed by atoms with Crippen LogP contribution in [0.2, 0.25) is 5.02 Å². The van der Waals surface area contributed by atoms with Crippen molar-refractivity contribution in [2.24, 2.45) is 0 Å². The summed E-state index contributed by atoms with van der Waals surface area (Å²) in [6.45, 7) is 5.77. The predicted molar refractivity (Wildman–Crippen MR) is 111 cm³/mol. The third-order valence-electron chi connectivity index (χ3n) is 4.71. The summed E-state index contributed by atoms with van der Waals surface area (Å²) < 4.78 is 5.54. The molecule has 3 rings (SSSR count). The van der Waals surface area contributed by atoms with Crippen molar-refractivity contribution < 1.29 is 9.64 Å². The summed E-state index contributed by atoms with van der Waals surface area (Å²) in [5, 5.41) is 7.89. The van der Waals surface area contributed by atoms with Crippen molar-refractivity contribution in [2.75, 3.05) is 31.6 Å². The minimum Gasteiger partial charge on any atom is -0.370 e. The van der Waals surface area contributed by atoms with Gasteiger partial charge in [0.15, 0.2) is 5.11 Å². The number of halogens is 1. The lowest BCUT2D eigenvalue weighted by Gasteiger charge is -2.35. The van der Waals surface area contributed by atoms with E-state index in [0.29, 0.717) is 16.2 Å². The van der Waals surface area contributed by atoms with Crippen molar-refractivity contribution in [3.63, 3.8) is 0 Å². The number of morpholine rings is 1. The molecule has 2 aromatic rings. The van der Waals surface area contributed by atoms with Gasteiger partial charge in [0.05, 0.1) is 30.0 Å². The SMILES string of the molecule is C[C@H](NC(=S)Nc1ccccc1Cl)[C@H](c1ccccc1)[NH+]1CCOCC1. The van der Waals surface area contributed by atoms with Crippen molar-refractivity contribution in [1.82, 2.24) is 5.32 Å². The number of para-hydroxylation sites is 1. The van der Waals surface area contributed by atoms with Crippen LogP contribution in [0.15, 0.2) is 54.6 Å². The molecule has 1 heterocycles. The van der Waals surface area contributed by atoms with Crippen LogP contribution in [0.5, 0.6) is 0 Å². The number of benzene rings is 2. The summed E-state index contributed by atoms with van der Waals surface area (Å²) >= 11 is 11.7. The number of thiocarbonyl (C=S) groups is 1. The van der Waals surface area contributed by atoms with Gasteiger partial charge in [-0.3, -0.25) is 0 Å². The van der Waals surface area contributed by atoms with Gasteiger partial charge in [-0.2, -0.15) is 0 Å². The lowest BCUT2D eigenvalue weighted by atomic mass is 9.98. The van der Waals surface area contributed by atoms with Crippen molar-refractivity contribution >= 4 is 34.6 Å². The number of rotatable bonds is 5. The van der Waals surface area contributed by atoms with Crippen LogP contribution < -0.4 is 15.5 Å². The van der Waals surface area contributed by atoms with E-state index in [-0.39, 0.29) is 6.04 Å². The summed E-state index contributed by atoms with van der Waals surface area (Å²) in [5.74, 6) is 0. The van der Waals surface area contributed by atoms with E-state index in [9.17, 15) is 0 Å². The molecular weight excluding hydrogens is 366 g/mol. The summed E-state index contributed by atoms with van der Waals surface area (Å²) in [4.78, 5) is 1.52. The number of quaternary nitrogens is 1. The third-order valence-corrected chi connectivity index (χ3v) is 5.26. The monoisotopic (exact) mass is 390 g/mol. The molecule has 4 nitrogen and oxygen atoms in total. The summed E-state index contributed by atoms with van der Waals surface area (Å²) in [6.07, 6.45) is 0. The molecule has 1 aliphatic heterocycles. The van der Waals surface area contributed by atoms with E-state index in [1.807, 2.05) is 24.3 Å². The van der Waals surface area contributed by atoms with E-state index in [4.69, 9.17) is 28.6 Å². The highest BCUT2D eigenvalue weighted by atomic mass is 35.5. The lowest BCUT2D eigenvalue weighted by molar-refractivity contribution is -0.940. The standard InChI is InChI=1S/C20H24ClN3OS/c1-15(22-20(26)23-18-10-6-5-9-17(18)21)19(16-7-3-2-4-8-16)24-11-13-25-14-12-24/h2-10,15,19H,11-14H2,1H3,(H2,22,23,26)/p+1/t15-,19+/m0/s1. The van der Waals surface area contributed by atoms with Crippen molar-refractivity contribution in [3.8, 4) is 0 Å². The van der Waals surface area contributed by atoms with Crippen LogP contribution in [-0.2, 0) is 4.74 Å². The zero-order chi connectivity index (χ0) is 18.4. The van der Waals surface area contributed by atoms with Gasteiger partial charge in [-0.25, -0.2) is 0 Å². The molecule has 0 amide bonds. The Balaban J connectivity index is 1.71. The Hall–Kier alpha value is -1.66. The first-order chi connectivity index (χ1) is 12.6. The van der Waals surface area contributed by atoms with Crippen LogP contribution in [0.3, 0.4) is 0 Å². The minimum atomic E-state index is 0.160. The summed E-state index contributed by atoms with van der Waals surface area (Å²) in [6, 6.07) is 18.7. The zero-order valence-corrected chi connectivity index (χ0v) is 16.4. The second-order valence-electron chi connectivity index (χ2n) is 6.53. The van der Waals surface area contributed by atoms with E-state index in [1.165, 1.54) is 10.5 Å². The topological polar surface area (TPSA) is 37.7 Å². The molecule has 1 saturated heterocycles. The molecular formula is C20H25ClN3OS+. The lowest BCUT2D eigenvalue weighted by Crippen LogP contribution is -3.15. The number of nitrogens with one attached hydrogen (secondary N) is 3. The first-order valence-corrected chi connectivity index (χ1v) is 9.73. The second-order valence-corrected chi connectivity index (χ2v) is 7.34. The molecule has 3 N–H and O–H groups in total. The first-order valence-electron chi connectivity index (χ1n) is 8.94. The molecule has 138 valence electrons. The molecule has 0 bridgehead atoms. The van der Waals surface area contributed by atoms with Crippen LogP contribution >= 0.6 is 23.8 Å². The maximum Gasteiger partial charge on any atom is 0.171 e. The van der Waals surface area contributed by atoms with Gasteiger partial charge in [-0.05, 0) is 31.3 Å². The average molecular weight is 391 g/mol. The van der Waals surface area contributed by atoms with Crippen LogP contribution in [0.1, 0.15) is 18.5 Å². The first kappa shape index (κ1) is 19.1. The average Bonchev–Trinajstić information content (AvgIpc) is 2.65. The molecule has 2 aromatic carbocycles. The second kappa shape index (κ2) is 9.33. The van der Waals surface area contributed by atoms with Gasteiger partial charge in [-0.1, -0.05) is 54.1 Å². The zero-order valence-electron chi connectivity index (χ0n) is 14.9. The fourth-order valence-corrected chi connectivity index (χ4v) is 3.97. The maximum absolute atomic E-state index is 6.22. The molecule has 1 fully saturated rings. The summed E-state index contributed by atoms with van der Waals surface area (Å²) in [7, 11) is 0. The van der Waals surface area contributed by atoms with E-state index in [2.05, 4.69) is 47.9 Å². The van der Waals surface area contributed by atoms with Gasteiger partial charge in [-0.15, -0.1) is 0 Å². The Morgan fingerprint density at radius 1 is 1.08 bits per heavy atom. The van der Waals surface area contributed by atoms with Gasteiger partial charge >= 0.3 is 0 Å². The van der Waals surface area contributed by atoms with Gasteiger partial charge in [0.1, 0.15) is 19.1 Å². The normalized spacial score (nSPS) is 17.3. The molecule has 26 heavy (non-hydrogen) atoms. The number of hydrogen-bond acceptors (Lipinski definition) is 2. The van der Waals surface area contributed by atoms with Crippen LogP contribution in [-0.4, -0.2) is 37.5 Å². The fraction of sp³-hybridized carbons (Fsp3) is 0.350. The smallest absolute Gasteiger partial charge is 0.171 e. The minimum absolute atomic E-state index is 0.160. The molecule has 0 radical (unpaired) electrons. The largest absolute Gasteiger partial charge is 0.370 e. The quantitative estimate of drug-likeness (QED) is 0.686. The van der Waals surface area contributed by atoms with Gasteiger partial charge in [0.25, 0.3) is 0 Å². The van der Waals surface area contributed by atoms with Crippen LogP contribution in [0, 0.1) is 0 Å². The Kier molecular flexibility index (Phi) is 6.86. The molecule has 0 aromatic heterocycles. The highest BCUT2D eigenvalue weighted by Gasteiger charge is 2.31. The van der Waals surface area contributed by atoms with Crippen molar-refractivity contribution in [2.45, 2.75) is 19.0 Å². The van der Waals surface area contributed by atoms with E-state index in [1.54, 1.807) is 0 Å². The van der Waals surface area contributed by atoms with Gasteiger partial charge in [0, 0.05) is 5.56 Å². The number of anilines is 1. The number of hydrogen-bond donors (Lipinski definition) is 3. The molecule has 2 atom stereocenters. The Morgan fingerprint density at radius 2 is 1.73 bits per heavy atom. The molecule has 0 saturated carbocycles. The fourth-order valence-electron chi connectivity index (χ4n) is 3.49. The van der Waals surface area contributed by atoms with Crippen LogP contribution in [0.4, 0.5) is 5.69 Å². The van der Waals surface area contributed by atoms with Crippen molar-refractivity contribution in [1.29, 1.82) is 0 Å². The summed E-state index contributed by atoms with van der Waals surface area (Å²) in [5.41, 5.74) is 2.12. The van der Waals surface area contributed by atoms with Gasteiger partial charge in [0.2, 0.25) is 0 Å².